The van der Waals surface area contributed by atoms with Gasteiger partial charge in [-0.2, -0.15) is 4.39 Å². The van der Waals surface area contributed by atoms with E-state index >= 15 is 0 Å². The number of aliphatic hydroxyl groups excluding tert-OH is 3. The van der Waals surface area contributed by atoms with Gasteiger partial charge in [-0.05, 0) is 22.0 Å². The highest BCUT2D eigenvalue weighted by Gasteiger charge is 2.21. The third-order valence-corrected chi connectivity index (χ3v) is 2.14. The van der Waals surface area contributed by atoms with Crippen molar-refractivity contribution in [1.82, 2.24) is 4.98 Å². The Morgan fingerprint density at radius 1 is 1.50 bits per heavy atom. The summed E-state index contributed by atoms with van der Waals surface area (Å²) in [5, 5.41) is 27.0. The van der Waals surface area contributed by atoms with Gasteiger partial charge in [0.25, 0.3) is 0 Å². The Morgan fingerprint density at radius 2 is 2.14 bits per heavy atom. The molecule has 0 radical (unpaired) electrons. The summed E-state index contributed by atoms with van der Waals surface area (Å²) in [6.45, 7) is -0.646. The minimum Gasteiger partial charge on any atom is -0.394 e. The summed E-state index contributed by atoms with van der Waals surface area (Å²) in [6, 6.07) is 1.30. The summed E-state index contributed by atoms with van der Waals surface area (Å²) < 4.78 is 13.5. The monoisotopic (exact) mass is 265 g/mol. The zero-order valence-corrected chi connectivity index (χ0v) is 8.65. The first-order valence-corrected chi connectivity index (χ1v) is 4.63. The van der Waals surface area contributed by atoms with E-state index in [9.17, 15) is 9.50 Å². The van der Waals surface area contributed by atoms with Crippen LogP contribution in [-0.2, 0) is 0 Å². The third kappa shape index (κ3) is 2.48. The van der Waals surface area contributed by atoms with Crippen molar-refractivity contribution in [3.8, 4) is 0 Å². The van der Waals surface area contributed by atoms with Crippen LogP contribution in [0.5, 0.6) is 0 Å². The number of halogens is 2. The number of hydrogen-bond acceptors (Lipinski definition) is 4. The Labute approximate surface area is 88.2 Å². The molecule has 1 aromatic rings. The highest BCUT2D eigenvalue weighted by molar-refractivity contribution is 9.10. The highest BCUT2D eigenvalue weighted by atomic mass is 79.9. The van der Waals surface area contributed by atoms with Crippen LogP contribution >= 0.6 is 15.9 Å². The zero-order chi connectivity index (χ0) is 10.7. The molecule has 1 heterocycles. The van der Waals surface area contributed by atoms with E-state index in [0.29, 0.717) is 4.47 Å². The second-order valence-electron chi connectivity index (χ2n) is 2.73. The quantitative estimate of drug-likeness (QED) is 0.691. The van der Waals surface area contributed by atoms with Crippen LogP contribution in [0.15, 0.2) is 16.7 Å². The molecule has 2 atom stereocenters. The molecule has 0 bridgehead atoms. The second kappa shape index (κ2) is 4.79. The van der Waals surface area contributed by atoms with Gasteiger partial charge < -0.3 is 15.3 Å². The van der Waals surface area contributed by atoms with Gasteiger partial charge in [-0.15, -0.1) is 0 Å². The lowest BCUT2D eigenvalue weighted by atomic mass is 10.1. The van der Waals surface area contributed by atoms with Gasteiger partial charge in [0.15, 0.2) is 0 Å². The molecule has 0 spiro atoms. The smallest absolute Gasteiger partial charge is 0.218 e. The lowest BCUT2D eigenvalue weighted by Crippen LogP contribution is -2.23. The SMILES string of the molecule is OCC(O)C(O)c1cc(Br)cnc1F. The van der Waals surface area contributed by atoms with Crippen molar-refractivity contribution >= 4 is 15.9 Å². The molecule has 0 aliphatic rings. The van der Waals surface area contributed by atoms with Crippen LogP contribution in [0.4, 0.5) is 4.39 Å². The molecular formula is C8H9BrFNO3. The predicted molar refractivity (Wildman–Crippen MR) is 49.9 cm³/mol. The molecule has 2 unspecified atom stereocenters. The molecule has 0 saturated carbocycles. The molecule has 0 fully saturated rings. The van der Waals surface area contributed by atoms with Gasteiger partial charge in [0.2, 0.25) is 5.95 Å². The van der Waals surface area contributed by atoms with Gasteiger partial charge in [0, 0.05) is 16.2 Å². The summed E-state index contributed by atoms with van der Waals surface area (Å²) >= 11 is 3.05. The fourth-order valence-electron chi connectivity index (χ4n) is 0.953. The van der Waals surface area contributed by atoms with Crippen molar-refractivity contribution in [3.05, 3.63) is 28.2 Å². The zero-order valence-electron chi connectivity index (χ0n) is 7.06. The van der Waals surface area contributed by atoms with Gasteiger partial charge in [0.1, 0.15) is 12.2 Å². The molecule has 6 heteroatoms. The van der Waals surface area contributed by atoms with Crippen LogP contribution in [-0.4, -0.2) is 33.0 Å². The molecule has 0 saturated heterocycles. The number of nitrogens with zero attached hydrogens (tertiary/aromatic N) is 1. The number of rotatable bonds is 3. The van der Waals surface area contributed by atoms with Crippen molar-refractivity contribution < 1.29 is 19.7 Å². The molecule has 3 N–H and O–H groups in total. The largest absolute Gasteiger partial charge is 0.394 e. The molecule has 1 rings (SSSR count). The molecule has 1 aromatic heterocycles. The van der Waals surface area contributed by atoms with Crippen LogP contribution in [0.1, 0.15) is 11.7 Å². The molecule has 0 aliphatic heterocycles. The number of pyridine rings is 1. The minimum atomic E-state index is -1.48. The lowest BCUT2D eigenvalue weighted by Gasteiger charge is -2.15. The van der Waals surface area contributed by atoms with Gasteiger partial charge in [0.05, 0.1) is 6.61 Å². The van der Waals surface area contributed by atoms with Crippen molar-refractivity contribution in [3.63, 3.8) is 0 Å². The van der Waals surface area contributed by atoms with Crippen molar-refractivity contribution in [1.29, 1.82) is 0 Å². The molecule has 0 aliphatic carbocycles. The average Bonchev–Trinajstić information content (AvgIpc) is 2.19. The molecular weight excluding hydrogens is 257 g/mol. The van der Waals surface area contributed by atoms with Crippen LogP contribution < -0.4 is 0 Å². The third-order valence-electron chi connectivity index (χ3n) is 1.70. The van der Waals surface area contributed by atoms with E-state index in [1.807, 2.05) is 0 Å². The summed E-state index contributed by atoms with van der Waals surface area (Å²) in [6.07, 6.45) is -1.66. The summed E-state index contributed by atoms with van der Waals surface area (Å²) in [4.78, 5) is 3.35. The Morgan fingerprint density at radius 3 is 2.71 bits per heavy atom. The molecule has 78 valence electrons. The fourth-order valence-corrected chi connectivity index (χ4v) is 1.30. The molecule has 4 nitrogen and oxygen atoms in total. The maximum atomic E-state index is 13.0. The number of aromatic nitrogens is 1. The van der Waals surface area contributed by atoms with E-state index in [2.05, 4.69) is 20.9 Å². The van der Waals surface area contributed by atoms with Gasteiger partial charge in [-0.25, -0.2) is 4.98 Å². The first-order chi connectivity index (χ1) is 6.56. The summed E-state index contributed by atoms with van der Waals surface area (Å²) in [5.41, 5.74) is -0.152. The fraction of sp³-hybridized carbons (Fsp3) is 0.375. The number of hydrogen-bond donors (Lipinski definition) is 3. The Kier molecular flexibility index (Phi) is 3.94. The Hall–Kier alpha value is -0.560. The van der Waals surface area contributed by atoms with Gasteiger partial charge in [-0.3, -0.25) is 0 Å². The van der Waals surface area contributed by atoms with E-state index in [0.717, 1.165) is 0 Å². The van der Waals surface area contributed by atoms with Crippen molar-refractivity contribution in [2.75, 3.05) is 6.61 Å². The first-order valence-electron chi connectivity index (χ1n) is 3.84. The predicted octanol–water partition coefficient (Wildman–Crippen LogP) is 0.370. The van der Waals surface area contributed by atoms with E-state index in [1.54, 1.807) is 0 Å². The number of aliphatic hydroxyl groups is 3. The van der Waals surface area contributed by atoms with E-state index in [1.165, 1.54) is 12.3 Å². The normalized spacial score (nSPS) is 15.2. The minimum absolute atomic E-state index is 0.152. The Balaban J connectivity index is 2.99. The maximum Gasteiger partial charge on any atom is 0.218 e. The maximum absolute atomic E-state index is 13.0. The van der Waals surface area contributed by atoms with E-state index < -0.39 is 24.8 Å². The van der Waals surface area contributed by atoms with Crippen LogP contribution in [0, 0.1) is 5.95 Å². The van der Waals surface area contributed by atoms with Crippen LogP contribution in [0.2, 0.25) is 0 Å². The molecule has 14 heavy (non-hydrogen) atoms. The van der Waals surface area contributed by atoms with Crippen LogP contribution in [0.25, 0.3) is 0 Å². The summed E-state index contributed by atoms with van der Waals surface area (Å²) in [5.74, 6) is -0.867. The summed E-state index contributed by atoms with van der Waals surface area (Å²) in [7, 11) is 0. The standard InChI is InChI=1S/C8H9BrFNO3/c9-4-1-5(8(10)11-2-4)7(14)6(13)3-12/h1-2,6-7,12-14H,3H2. The van der Waals surface area contributed by atoms with Crippen molar-refractivity contribution in [2.24, 2.45) is 0 Å². The second-order valence-corrected chi connectivity index (χ2v) is 3.64. The lowest BCUT2D eigenvalue weighted by molar-refractivity contribution is -0.0171. The van der Waals surface area contributed by atoms with Crippen molar-refractivity contribution in [2.45, 2.75) is 12.2 Å². The molecule has 0 amide bonds. The topological polar surface area (TPSA) is 73.6 Å². The molecule has 0 aromatic carbocycles. The van der Waals surface area contributed by atoms with E-state index in [-0.39, 0.29) is 5.56 Å². The first kappa shape index (κ1) is 11.5. The van der Waals surface area contributed by atoms with Gasteiger partial charge in [-0.1, -0.05) is 0 Å². The van der Waals surface area contributed by atoms with Crippen LogP contribution in [0.3, 0.4) is 0 Å². The van der Waals surface area contributed by atoms with E-state index in [4.69, 9.17) is 10.2 Å². The van der Waals surface area contributed by atoms with Gasteiger partial charge >= 0.3 is 0 Å². The Bertz CT molecular complexity index is 323. The average molecular weight is 266 g/mol. The highest BCUT2D eigenvalue weighted by Crippen LogP contribution is 2.22.